The molecule has 0 aromatic heterocycles. The van der Waals surface area contributed by atoms with E-state index < -0.39 is 0 Å². The van der Waals surface area contributed by atoms with Crippen molar-refractivity contribution >= 4 is 17.5 Å². The zero-order chi connectivity index (χ0) is 7.61. The van der Waals surface area contributed by atoms with Gasteiger partial charge in [-0.05, 0) is 12.8 Å². The minimum atomic E-state index is -0.314. The van der Waals surface area contributed by atoms with Crippen LogP contribution in [0.2, 0.25) is 0 Å². The molecule has 3 nitrogen and oxygen atoms in total. The van der Waals surface area contributed by atoms with Gasteiger partial charge >= 0.3 is 0 Å². The molecule has 0 unspecified atom stereocenters. The van der Waals surface area contributed by atoms with Gasteiger partial charge in [-0.2, -0.15) is 0 Å². The van der Waals surface area contributed by atoms with Gasteiger partial charge in [-0.3, -0.25) is 4.79 Å². The van der Waals surface area contributed by atoms with Crippen LogP contribution in [0.1, 0.15) is 12.8 Å². The molecule has 0 aliphatic heterocycles. The molecule has 0 atom stereocenters. The van der Waals surface area contributed by atoms with E-state index in [4.69, 9.17) is 16.7 Å². The maximum atomic E-state index is 10.7. The summed E-state index contributed by atoms with van der Waals surface area (Å²) < 4.78 is 0. The largest absolute Gasteiger partial charge is 0.394 e. The third-order valence-electron chi connectivity index (χ3n) is 1.68. The Labute approximate surface area is 64.4 Å². The van der Waals surface area contributed by atoms with Crippen LogP contribution in [-0.2, 0) is 4.79 Å². The Balaban J connectivity index is 2.30. The molecule has 0 heterocycles. The van der Waals surface area contributed by atoms with Gasteiger partial charge in [0.15, 0.2) is 0 Å². The molecule has 0 saturated heterocycles. The molecular weight excluding hydrogens is 154 g/mol. The number of rotatable bonds is 3. The zero-order valence-electron chi connectivity index (χ0n) is 5.56. The lowest BCUT2D eigenvalue weighted by atomic mass is 10.3. The van der Waals surface area contributed by atoms with Crippen molar-refractivity contribution in [2.45, 2.75) is 18.4 Å². The van der Waals surface area contributed by atoms with Gasteiger partial charge in [-0.25, -0.2) is 0 Å². The third kappa shape index (κ3) is 1.61. The first-order chi connectivity index (χ1) is 4.72. The van der Waals surface area contributed by atoms with Crippen LogP contribution in [0.3, 0.4) is 0 Å². The maximum absolute atomic E-state index is 10.7. The Morgan fingerprint density at radius 2 is 2.30 bits per heavy atom. The number of nitrogens with one attached hydrogen (secondary N) is 1. The second-order valence-corrected chi connectivity index (χ2v) is 2.89. The molecule has 1 fully saturated rings. The van der Waals surface area contributed by atoms with E-state index in [-0.39, 0.29) is 23.9 Å². The number of hydrogen-bond acceptors (Lipinski definition) is 2. The summed E-state index contributed by atoms with van der Waals surface area (Å²) in [5.74, 6) is -0.227. The van der Waals surface area contributed by atoms with Crippen LogP contribution in [-0.4, -0.2) is 29.0 Å². The van der Waals surface area contributed by atoms with Crippen LogP contribution in [0.25, 0.3) is 0 Å². The van der Waals surface area contributed by atoms with Crippen molar-refractivity contribution in [3.63, 3.8) is 0 Å². The fourth-order valence-corrected chi connectivity index (χ4v) is 0.870. The molecule has 1 aliphatic rings. The Morgan fingerprint density at radius 3 is 2.60 bits per heavy atom. The number of aliphatic hydroxyl groups is 1. The van der Waals surface area contributed by atoms with E-state index in [1.807, 2.05) is 0 Å². The summed E-state index contributed by atoms with van der Waals surface area (Å²) in [7, 11) is 0. The lowest BCUT2D eigenvalue weighted by molar-refractivity contribution is -0.119. The van der Waals surface area contributed by atoms with Crippen LogP contribution >= 0.6 is 11.6 Å². The molecule has 0 spiro atoms. The van der Waals surface area contributed by atoms with Crippen LogP contribution in [0.15, 0.2) is 0 Å². The fourth-order valence-electron chi connectivity index (χ4n) is 0.803. The number of alkyl halides is 1. The summed E-state index contributed by atoms with van der Waals surface area (Å²) in [6.07, 6.45) is 1.73. The highest BCUT2D eigenvalue weighted by molar-refractivity contribution is 6.27. The summed E-state index contributed by atoms with van der Waals surface area (Å²) in [6.45, 7) is 0.0234. The lowest BCUT2D eigenvalue weighted by Crippen LogP contribution is -2.40. The summed E-state index contributed by atoms with van der Waals surface area (Å²) in [6, 6.07) is 0. The Hall–Kier alpha value is -0.280. The van der Waals surface area contributed by atoms with Crippen molar-refractivity contribution in [3.8, 4) is 0 Å². The fraction of sp³-hybridized carbons (Fsp3) is 0.833. The molecule has 4 heteroatoms. The molecule has 1 rings (SSSR count). The van der Waals surface area contributed by atoms with E-state index in [9.17, 15) is 4.79 Å². The van der Waals surface area contributed by atoms with Crippen LogP contribution in [0, 0.1) is 0 Å². The van der Waals surface area contributed by atoms with Crippen LogP contribution < -0.4 is 5.32 Å². The van der Waals surface area contributed by atoms with E-state index in [1.165, 1.54) is 0 Å². The van der Waals surface area contributed by atoms with E-state index >= 15 is 0 Å². The molecule has 0 radical (unpaired) electrons. The zero-order valence-corrected chi connectivity index (χ0v) is 6.32. The molecule has 0 bridgehead atoms. The van der Waals surface area contributed by atoms with Crippen molar-refractivity contribution in [2.75, 3.05) is 12.5 Å². The van der Waals surface area contributed by atoms with E-state index in [0.29, 0.717) is 0 Å². The Bertz CT molecular complexity index is 145. The number of amides is 1. The molecule has 10 heavy (non-hydrogen) atoms. The quantitative estimate of drug-likeness (QED) is 0.570. The third-order valence-corrected chi connectivity index (χ3v) is 1.92. The molecule has 1 saturated carbocycles. The molecule has 0 aromatic rings. The topological polar surface area (TPSA) is 49.3 Å². The van der Waals surface area contributed by atoms with E-state index in [1.54, 1.807) is 0 Å². The molecular formula is C6H10ClNO2. The number of aliphatic hydroxyl groups excluding tert-OH is 1. The first kappa shape index (κ1) is 7.82. The van der Waals surface area contributed by atoms with Crippen molar-refractivity contribution in [2.24, 2.45) is 0 Å². The second kappa shape index (κ2) is 2.76. The van der Waals surface area contributed by atoms with Crippen molar-refractivity contribution in [1.29, 1.82) is 0 Å². The predicted octanol–water partition coefficient (Wildman–Crippen LogP) is -0.134. The summed E-state index contributed by atoms with van der Waals surface area (Å²) in [4.78, 5) is 10.7. The number of hydrogen-bond donors (Lipinski definition) is 2. The normalized spacial score (nSPS) is 20.2. The van der Waals surface area contributed by atoms with Crippen LogP contribution in [0.4, 0.5) is 0 Å². The van der Waals surface area contributed by atoms with Gasteiger partial charge < -0.3 is 10.4 Å². The average molecular weight is 164 g/mol. The highest BCUT2D eigenvalue weighted by Gasteiger charge is 2.43. The van der Waals surface area contributed by atoms with E-state index in [0.717, 1.165) is 12.8 Å². The van der Waals surface area contributed by atoms with Crippen molar-refractivity contribution in [3.05, 3.63) is 0 Å². The maximum Gasteiger partial charge on any atom is 0.235 e. The minimum Gasteiger partial charge on any atom is -0.394 e. The minimum absolute atomic E-state index is 0.0234. The second-order valence-electron chi connectivity index (χ2n) is 2.62. The summed E-state index contributed by atoms with van der Waals surface area (Å²) in [5, 5.41) is 11.4. The predicted molar refractivity (Wildman–Crippen MR) is 37.9 cm³/mol. The average Bonchev–Trinajstić information content (AvgIpc) is 2.70. The highest BCUT2D eigenvalue weighted by Crippen LogP contribution is 2.34. The molecule has 1 aliphatic carbocycles. The number of carbonyl (C=O) groups excluding carboxylic acids is 1. The molecule has 0 aromatic carbocycles. The van der Waals surface area contributed by atoms with Gasteiger partial charge in [0.05, 0.1) is 12.1 Å². The first-order valence-corrected chi connectivity index (χ1v) is 3.74. The Kier molecular flexibility index (Phi) is 2.16. The standard InChI is InChI=1S/C6H10ClNO2/c7-3-5(10)8-6(4-9)1-2-6/h9H,1-4H2,(H,8,10). The highest BCUT2D eigenvalue weighted by atomic mass is 35.5. The molecule has 1 amide bonds. The van der Waals surface area contributed by atoms with Crippen molar-refractivity contribution in [1.82, 2.24) is 5.32 Å². The SMILES string of the molecule is O=C(CCl)NC1(CO)CC1. The van der Waals surface area contributed by atoms with Gasteiger partial charge in [0.25, 0.3) is 0 Å². The van der Waals surface area contributed by atoms with E-state index in [2.05, 4.69) is 5.32 Å². The van der Waals surface area contributed by atoms with Crippen LogP contribution in [0.5, 0.6) is 0 Å². The lowest BCUT2D eigenvalue weighted by Gasteiger charge is -2.12. The molecule has 58 valence electrons. The first-order valence-electron chi connectivity index (χ1n) is 3.20. The summed E-state index contributed by atoms with van der Waals surface area (Å²) >= 11 is 5.25. The van der Waals surface area contributed by atoms with Gasteiger partial charge in [0, 0.05) is 0 Å². The van der Waals surface area contributed by atoms with Gasteiger partial charge in [0.2, 0.25) is 5.91 Å². The number of carbonyl (C=O) groups is 1. The number of halogens is 1. The summed E-state index contributed by atoms with van der Waals surface area (Å²) in [5.41, 5.74) is -0.314. The smallest absolute Gasteiger partial charge is 0.235 e. The van der Waals surface area contributed by atoms with Gasteiger partial charge in [-0.1, -0.05) is 0 Å². The Morgan fingerprint density at radius 1 is 1.70 bits per heavy atom. The van der Waals surface area contributed by atoms with Crippen molar-refractivity contribution < 1.29 is 9.90 Å². The van der Waals surface area contributed by atoms with Gasteiger partial charge in [-0.15, -0.1) is 11.6 Å². The molecule has 2 N–H and O–H groups in total. The van der Waals surface area contributed by atoms with Gasteiger partial charge in [0.1, 0.15) is 5.88 Å². The monoisotopic (exact) mass is 163 g/mol.